The molecule has 20 heavy (non-hydrogen) atoms. The van der Waals surface area contributed by atoms with E-state index in [0.29, 0.717) is 0 Å². The molecule has 0 heterocycles. The molecule has 0 radical (unpaired) electrons. The highest BCUT2D eigenvalue weighted by Crippen LogP contribution is 2.11. The van der Waals surface area contributed by atoms with Gasteiger partial charge in [0.2, 0.25) is 0 Å². The van der Waals surface area contributed by atoms with Gasteiger partial charge in [-0.15, -0.1) is 0 Å². The van der Waals surface area contributed by atoms with Gasteiger partial charge in [0.05, 0.1) is 0 Å². The van der Waals surface area contributed by atoms with Crippen molar-refractivity contribution in [1.82, 2.24) is 0 Å². The van der Waals surface area contributed by atoms with Gasteiger partial charge in [0.1, 0.15) is 0 Å². The standard InChI is InChI=1S/C20H30/c1-2-4-6-8-10-12-14-16-18-20-19-17-15-13-11-9-7-5-3-1/h1-10H,11-20H2/b2-1+,5-3-,6-4+,9-7?,10-8+. The second kappa shape index (κ2) is 14.1. The molecule has 0 aliphatic heterocycles. The molecule has 0 fully saturated rings. The van der Waals surface area contributed by atoms with Crippen molar-refractivity contribution >= 4 is 0 Å². The number of hydrogen-bond donors (Lipinski definition) is 0. The minimum Gasteiger partial charge on any atom is -0.0845 e. The maximum atomic E-state index is 2.28. The van der Waals surface area contributed by atoms with E-state index in [2.05, 4.69) is 60.8 Å². The van der Waals surface area contributed by atoms with Gasteiger partial charge >= 0.3 is 0 Å². The lowest BCUT2D eigenvalue weighted by atomic mass is 10.1. The van der Waals surface area contributed by atoms with Crippen LogP contribution in [0.5, 0.6) is 0 Å². The van der Waals surface area contributed by atoms with Gasteiger partial charge in [-0.3, -0.25) is 0 Å². The summed E-state index contributed by atoms with van der Waals surface area (Å²) in [7, 11) is 0. The molecular weight excluding hydrogens is 240 g/mol. The second-order valence-corrected chi connectivity index (χ2v) is 5.42. The average Bonchev–Trinajstić information content (AvgIpc) is 2.46. The van der Waals surface area contributed by atoms with Crippen molar-refractivity contribution in [3.05, 3.63) is 60.8 Å². The number of hydrogen-bond acceptors (Lipinski definition) is 0. The second-order valence-electron chi connectivity index (χ2n) is 5.42. The quantitative estimate of drug-likeness (QED) is 0.460. The minimum atomic E-state index is 1.22. The first-order valence-corrected chi connectivity index (χ1v) is 8.32. The topological polar surface area (TPSA) is 0 Å². The summed E-state index contributed by atoms with van der Waals surface area (Å²) in [5.74, 6) is 0. The molecule has 1 rings (SSSR count). The largest absolute Gasteiger partial charge is 0.0845 e. The Hall–Kier alpha value is -1.30. The van der Waals surface area contributed by atoms with Crippen LogP contribution in [0.4, 0.5) is 0 Å². The molecule has 0 aromatic heterocycles. The summed E-state index contributed by atoms with van der Waals surface area (Å²) in [6, 6.07) is 0. The van der Waals surface area contributed by atoms with Crippen LogP contribution in [0.3, 0.4) is 0 Å². The van der Waals surface area contributed by atoms with E-state index in [0.717, 1.165) is 0 Å². The van der Waals surface area contributed by atoms with Gasteiger partial charge in [-0.25, -0.2) is 0 Å². The van der Waals surface area contributed by atoms with E-state index in [1.807, 2.05) is 0 Å². The van der Waals surface area contributed by atoms with E-state index in [1.54, 1.807) is 0 Å². The van der Waals surface area contributed by atoms with Gasteiger partial charge in [0, 0.05) is 0 Å². The smallest absolute Gasteiger partial charge is 0.0348 e. The van der Waals surface area contributed by atoms with Crippen molar-refractivity contribution in [2.24, 2.45) is 0 Å². The molecule has 0 aromatic rings. The molecule has 0 atom stereocenters. The van der Waals surface area contributed by atoms with Crippen molar-refractivity contribution in [2.45, 2.75) is 64.2 Å². The maximum Gasteiger partial charge on any atom is -0.0348 e. The number of rotatable bonds is 0. The van der Waals surface area contributed by atoms with Crippen molar-refractivity contribution in [2.75, 3.05) is 0 Å². The van der Waals surface area contributed by atoms with E-state index in [-0.39, 0.29) is 0 Å². The molecule has 0 nitrogen and oxygen atoms in total. The van der Waals surface area contributed by atoms with E-state index in [4.69, 9.17) is 0 Å². The Bertz CT molecular complexity index is 305. The molecule has 0 saturated carbocycles. The lowest BCUT2D eigenvalue weighted by Crippen LogP contribution is -1.81. The first-order valence-electron chi connectivity index (χ1n) is 8.32. The third kappa shape index (κ3) is 11.8. The summed E-state index contributed by atoms with van der Waals surface area (Å²) >= 11 is 0. The Balaban J connectivity index is 2.31. The summed E-state index contributed by atoms with van der Waals surface area (Å²) in [5, 5.41) is 0. The Kier molecular flexibility index (Phi) is 11.8. The van der Waals surface area contributed by atoms with Crippen LogP contribution in [0.25, 0.3) is 0 Å². The number of allylic oxidation sites excluding steroid dienone is 10. The summed E-state index contributed by atoms with van der Waals surface area (Å²) < 4.78 is 0. The first kappa shape index (κ1) is 16.8. The predicted molar refractivity (Wildman–Crippen MR) is 91.9 cm³/mol. The van der Waals surface area contributed by atoms with Crippen LogP contribution in [-0.4, -0.2) is 0 Å². The molecule has 1 aliphatic carbocycles. The fraction of sp³-hybridized carbons (Fsp3) is 0.500. The summed E-state index contributed by atoms with van der Waals surface area (Å²) in [6.07, 6.45) is 35.0. The van der Waals surface area contributed by atoms with Crippen LogP contribution < -0.4 is 0 Å². The highest BCUT2D eigenvalue weighted by atomic mass is 14.0. The van der Waals surface area contributed by atoms with Crippen LogP contribution >= 0.6 is 0 Å². The van der Waals surface area contributed by atoms with E-state index >= 15 is 0 Å². The molecule has 0 N–H and O–H groups in total. The summed E-state index contributed by atoms with van der Waals surface area (Å²) in [4.78, 5) is 0. The lowest BCUT2D eigenvalue weighted by molar-refractivity contribution is 0.571. The van der Waals surface area contributed by atoms with Gasteiger partial charge in [0.25, 0.3) is 0 Å². The molecule has 1 aliphatic rings. The molecule has 0 aromatic carbocycles. The fourth-order valence-corrected chi connectivity index (χ4v) is 2.32. The highest BCUT2D eigenvalue weighted by Gasteiger charge is 1.91. The third-order valence-electron chi connectivity index (χ3n) is 3.54. The van der Waals surface area contributed by atoms with Gasteiger partial charge in [-0.2, -0.15) is 0 Å². The Morgan fingerprint density at radius 2 is 0.600 bits per heavy atom. The molecule has 0 bridgehead atoms. The first-order chi connectivity index (χ1) is 10.0. The van der Waals surface area contributed by atoms with E-state index in [9.17, 15) is 0 Å². The molecule has 0 saturated heterocycles. The van der Waals surface area contributed by atoms with Gasteiger partial charge in [-0.1, -0.05) is 99.3 Å². The monoisotopic (exact) mass is 270 g/mol. The van der Waals surface area contributed by atoms with Crippen molar-refractivity contribution in [3.8, 4) is 0 Å². The average molecular weight is 270 g/mol. The SMILES string of the molecule is C1=CCCCCCCCCCC/C=C/C=C/C=C/C=C\1. The molecule has 110 valence electrons. The van der Waals surface area contributed by atoms with Gasteiger partial charge < -0.3 is 0 Å². The molecule has 0 amide bonds. The zero-order chi connectivity index (χ0) is 14.1. The van der Waals surface area contributed by atoms with Crippen LogP contribution in [0.15, 0.2) is 60.8 Å². The Morgan fingerprint density at radius 1 is 0.300 bits per heavy atom. The van der Waals surface area contributed by atoms with E-state index < -0.39 is 0 Å². The summed E-state index contributed by atoms with van der Waals surface area (Å²) in [6.45, 7) is 0. The summed E-state index contributed by atoms with van der Waals surface area (Å²) in [5.41, 5.74) is 0. The van der Waals surface area contributed by atoms with Crippen LogP contribution in [0.2, 0.25) is 0 Å². The molecule has 0 spiro atoms. The highest BCUT2D eigenvalue weighted by molar-refractivity contribution is 5.17. The predicted octanol–water partition coefficient (Wildman–Crippen LogP) is 6.68. The molecule has 0 unspecified atom stereocenters. The Labute approximate surface area is 125 Å². The van der Waals surface area contributed by atoms with E-state index in [1.165, 1.54) is 64.2 Å². The van der Waals surface area contributed by atoms with Crippen LogP contribution in [-0.2, 0) is 0 Å². The van der Waals surface area contributed by atoms with Gasteiger partial charge in [-0.05, 0) is 25.7 Å². The minimum absolute atomic E-state index is 1.22. The van der Waals surface area contributed by atoms with Gasteiger partial charge in [0.15, 0.2) is 0 Å². The van der Waals surface area contributed by atoms with Crippen molar-refractivity contribution in [1.29, 1.82) is 0 Å². The zero-order valence-electron chi connectivity index (χ0n) is 12.8. The maximum absolute atomic E-state index is 2.28. The normalized spacial score (nSPS) is 26.4. The fourth-order valence-electron chi connectivity index (χ4n) is 2.32. The van der Waals surface area contributed by atoms with Crippen molar-refractivity contribution in [3.63, 3.8) is 0 Å². The molecule has 0 heteroatoms. The van der Waals surface area contributed by atoms with Crippen molar-refractivity contribution < 1.29 is 0 Å². The zero-order valence-corrected chi connectivity index (χ0v) is 12.8. The lowest BCUT2D eigenvalue weighted by Gasteiger charge is -2.00. The van der Waals surface area contributed by atoms with Crippen LogP contribution in [0, 0.1) is 0 Å². The third-order valence-corrected chi connectivity index (χ3v) is 3.54. The molecular formula is C20H30. The Morgan fingerprint density at radius 3 is 1.00 bits per heavy atom. The van der Waals surface area contributed by atoms with Crippen LogP contribution in [0.1, 0.15) is 64.2 Å².